The molecule has 2 aromatic rings. The van der Waals surface area contributed by atoms with Crippen molar-refractivity contribution < 1.29 is 4.74 Å². The summed E-state index contributed by atoms with van der Waals surface area (Å²) in [6.07, 6.45) is 3.07. The summed E-state index contributed by atoms with van der Waals surface area (Å²) >= 11 is 0. The van der Waals surface area contributed by atoms with Crippen LogP contribution >= 0.6 is 0 Å². The fraction of sp³-hybridized carbons (Fsp3) is 0.412. The van der Waals surface area contributed by atoms with Crippen LogP contribution in [0.3, 0.4) is 0 Å². The molecule has 1 aliphatic rings. The van der Waals surface area contributed by atoms with Crippen molar-refractivity contribution in [2.24, 2.45) is 5.41 Å². The van der Waals surface area contributed by atoms with Crippen LogP contribution in [0.1, 0.15) is 18.9 Å². The first-order valence-corrected chi connectivity index (χ1v) is 7.30. The summed E-state index contributed by atoms with van der Waals surface area (Å²) in [5, 5.41) is 4.70. The maximum atomic E-state index is 5.73. The number of ether oxygens (including phenoxy) is 1. The largest absolute Gasteiger partial charge is 0.381 e. The lowest BCUT2D eigenvalue weighted by atomic mass is 9.77. The van der Waals surface area contributed by atoms with Crippen molar-refractivity contribution >= 4 is 16.5 Å². The molecule has 1 fully saturated rings. The molecule has 1 aromatic heterocycles. The van der Waals surface area contributed by atoms with Crippen LogP contribution in [0.4, 0.5) is 0 Å². The third-order valence-electron chi connectivity index (χ3n) is 4.37. The number of H-pyrrole nitrogens is 1. The van der Waals surface area contributed by atoms with Gasteiger partial charge in [-0.25, -0.2) is 0 Å². The van der Waals surface area contributed by atoms with Crippen LogP contribution in [-0.4, -0.2) is 31.3 Å². The Balaban J connectivity index is 1.92. The van der Waals surface area contributed by atoms with Crippen molar-refractivity contribution in [1.82, 2.24) is 10.3 Å². The summed E-state index contributed by atoms with van der Waals surface area (Å²) in [6, 6.07) is 8.62. The Morgan fingerprint density at radius 2 is 2.30 bits per heavy atom. The minimum absolute atomic E-state index is 0.0417. The average Bonchev–Trinajstić information content (AvgIpc) is 3.13. The standard InChI is InChI=1S/C17H22N2O/c1-3-20-12-17(7-9-18-11-17)13(2)14-4-5-16-15(10-14)6-8-19-16/h4-6,8,10,18-19H,2-3,7,9,11-12H2,1H3. The summed E-state index contributed by atoms with van der Waals surface area (Å²) in [5.74, 6) is 0. The lowest BCUT2D eigenvalue weighted by Crippen LogP contribution is -2.30. The highest BCUT2D eigenvalue weighted by Gasteiger charge is 2.37. The SMILES string of the molecule is C=C(c1ccc2[nH]ccc2c1)C1(COCC)CCNC1. The van der Waals surface area contributed by atoms with E-state index in [1.54, 1.807) is 0 Å². The molecule has 2 heterocycles. The predicted octanol–water partition coefficient (Wildman–Crippen LogP) is 3.20. The van der Waals surface area contributed by atoms with E-state index < -0.39 is 0 Å². The second-order valence-corrected chi connectivity index (χ2v) is 5.60. The molecule has 3 nitrogen and oxygen atoms in total. The Labute approximate surface area is 120 Å². The van der Waals surface area contributed by atoms with Gasteiger partial charge >= 0.3 is 0 Å². The normalized spacial score (nSPS) is 22.4. The van der Waals surface area contributed by atoms with Crippen LogP contribution in [-0.2, 0) is 4.74 Å². The average molecular weight is 270 g/mol. The molecule has 1 aliphatic heterocycles. The predicted molar refractivity (Wildman–Crippen MR) is 83.7 cm³/mol. The van der Waals surface area contributed by atoms with Gasteiger partial charge in [0.15, 0.2) is 0 Å². The summed E-state index contributed by atoms with van der Waals surface area (Å²) in [4.78, 5) is 3.23. The monoisotopic (exact) mass is 270 g/mol. The van der Waals surface area contributed by atoms with Gasteiger partial charge in [-0.2, -0.15) is 0 Å². The Hall–Kier alpha value is -1.58. The first-order chi connectivity index (χ1) is 9.75. The van der Waals surface area contributed by atoms with Crippen LogP contribution in [0.2, 0.25) is 0 Å². The molecular weight excluding hydrogens is 248 g/mol. The maximum absolute atomic E-state index is 5.73. The second kappa shape index (κ2) is 5.43. The van der Waals surface area contributed by atoms with Gasteiger partial charge in [0.25, 0.3) is 0 Å². The van der Waals surface area contributed by atoms with Gasteiger partial charge in [0, 0.05) is 30.3 Å². The number of benzene rings is 1. The fourth-order valence-electron chi connectivity index (χ4n) is 3.06. The molecule has 0 radical (unpaired) electrons. The minimum atomic E-state index is 0.0417. The van der Waals surface area contributed by atoms with Crippen molar-refractivity contribution in [2.45, 2.75) is 13.3 Å². The topological polar surface area (TPSA) is 37.0 Å². The number of hydrogen-bond acceptors (Lipinski definition) is 2. The molecule has 0 amide bonds. The second-order valence-electron chi connectivity index (χ2n) is 5.60. The van der Waals surface area contributed by atoms with E-state index in [0.29, 0.717) is 0 Å². The molecule has 1 saturated heterocycles. The Kier molecular flexibility index (Phi) is 3.64. The molecule has 0 bridgehead atoms. The zero-order valence-electron chi connectivity index (χ0n) is 12.0. The van der Waals surface area contributed by atoms with E-state index in [1.165, 1.54) is 22.0 Å². The van der Waals surface area contributed by atoms with Gasteiger partial charge in [0.2, 0.25) is 0 Å². The number of fused-ring (bicyclic) bond motifs is 1. The van der Waals surface area contributed by atoms with Crippen molar-refractivity contribution in [1.29, 1.82) is 0 Å². The Morgan fingerprint density at radius 3 is 3.05 bits per heavy atom. The van der Waals surface area contributed by atoms with Gasteiger partial charge in [0.05, 0.1) is 6.61 Å². The molecular formula is C17H22N2O. The van der Waals surface area contributed by atoms with E-state index in [1.807, 2.05) is 13.1 Å². The highest BCUT2D eigenvalue weighted by molar-refractivity contribution is 5.84. The van der Waals surface area contributed by atoms with Gasteiger partial charge in [-0.05, 0) is 54.6 Å². The molecule has 3 heteroatoms. The molecule has 20 heavy (non-hydrogen) atoms. The lowest BCUT2D eigenvalue weighted by Gasteiger charge is -2.30. The molecule has 0 saturated carbocycles. The number of aromatic nitrogens is 1. The molecule has 1 atom stereocenters. The highest BCUT2D eigenvalue weighted by atomic mass is 16.5. The number of rotatable bonds is 5. The van der Waals surface area contributed by atoms with Crippen LogP contribution in [0.15, 0.2) is 37.0 Å². The highest BCUT2D eigenvalue weighted by Crippen LogP contribution is 2.40. The van der Waals surface area contributed by atoms with Gasteiger partial charge in [-0.1, -0.05) is 12.6 Å². The summed E-state index contributed by atoms with van der Waals surface area (Å²) in [6.45, 7) is 9.94. The fourth-order valence-corrected chi connectivity index (χ4v) is 3.06. The molecule has 2 N–H and O–H groups in total. The van der Waals surface area contributed by atoms with Crippen molar-refractivity contribution in [3.63, 3.8) is 0 Å². The van der Waals surface area contributed by atoms with Crippen LogP contribution in [0, 0.1) is 5.41 Å². The van der Waals surface area contributed by atoms with E-state index in [9.17, 15) is 0 Å². The zero-order valence-corrected chi connectivity index (χ0v) is 12.0. The molecule has 1 aromatic carbocycles. The summed E-state index contributed by atoms with van der Waals surface area (Å²) in [5.41, 5.74) is 3.63. The van der Waals surface area contributed by atoms with E-state index in [0.717, 1.165) is 32.7 Å². The third-order valence-corrected chi connectivity index (χ3v) is 4.37. The van der Waals surface area contributed by atoms with Gasteiger partial charge in [0.1, 0.15) is 0 Å². The first kappa shape index (κ1) is 13.4. The smallest absolute Gasteiger partial charge is 0.0575 e. The molecule has 3 rings (SSSR count). The quantitative estimate of drug-likeness (QED) is 0.875. The summed E-state index contributed by atoms with van der Waals surface area (Å²) < 4.78 is 5.73. The summed E-state index contributed by atoms with van der Waals surface area (Å²) in [7, 11) is 0. The molecule has 0 aliphatic carbocycles. The van der Waals surface area contributed by atoms with E-state index in [4.69, 9.17) is 4.74 Å². The van der Waals surface area contributed by atoms with Gasteiger partial charge < -0.3 is 15.0 Å². The van der Waals surface area contributed by atoms with Gasteiger partial charge in [-0.15, -0.1) is 0 Å². The molecule has 106 valence electrons. The van der Waals surface area contributed by atoms with Crippen molar-refractivity contribution in [2.75, 3.05) is 26.3 Å². The lowest BCUT2D eigenvalue weighted by molar-refractivity contribution is 0.0905. The number of nitrogens with one attached hydrogen (secondary N) is 2. The molecule has 0 spiro atoms. The third kappa shape index (κ3) is 2.28. The van der Waals surface area contributed by atoms with Crippen LogP contribution < -0.4 is 5.32 Å². The minimum Gasteiger partial charge on any atom is -0.381 e. The van der Waals surface area contributed by atoms with Crippen molar-refractivity contribution in [3.05, 3.63) is 42.6 Å². The zero-order chi connectivity index (χ0) is 14.0. The van der Waals surface area contributed by atoms with Crippen LogP contribution in [0.5, 0.6) is 0 Å². The van der Waals surface area contributed by atoms with E-state index >= 15 is 0 Å². The Morgan fingerprint density at radius 1 is 1.40 bits per heavy atom. The van der Waals surface area contributed by atoms with Crippen molar-refractivity contribution in [3.8, 4) is 0 Å². The first-order valence-electron chi connectivity index (χ1n) is 7.30. The van der Waals surface area contributed by atoms with E-state index in [-0.39, 0.29) is 5.41 Å². The van der Waals surface area contributed by atoms with Crippen LogP contribution in [0.25, 0.3) is 16.5 Å². The van der Waals surface area contributed by atoms with Gasteiger partial charge in [-0.3, -0.25) is 0 Å². The molecule has 1 unspecified atom stereocenters. The van der Waals surface area contributed by atoms with E-state index in [2.05, 4.69) is 41.1 Å². The Bertz CT molecular complexity index is 608. The number of aromatic amines is 1. The maximum Gasteiger partial charge on any atom is 0.0575 e. The number of hydrogen-bond donors (Lipinski definition) is 2.